The molecule has 2 aromatic carbocycles. The van der Waals surface area contributed by atoms with Crippen molar-refractivity contribution in [3.63, 3.8) is 0 Å². The minimum absolute atomic E-state index is 0.166. The summed E-state index contributed by atoms with van der Waals surface area (Å²) in [6, 6.07) is 15.8. The van der Waals surface area contributed by atoms with Gasteiger partial charge in [0.15, 0.2) is 5.82 Å². The third-order valence-corrected chi connectivity index (χ3v) is 4.24. The Morgan fingerprint density at radius 1 is 1.12 bits per heavy atom. The van der Waals surface area contributed by atoms with E-state index in [4.69, 9.17) is 0 Å². The van der Waals surface area contributed by atoms with E-state index in [1.54, 1.807) is 6.07 Å². The summed E-state index contributed by atoms with van der Waals surface area (Å²) in [5.74, 6) is 0.356. The third-order valence-electron chi connectivity index (χ3n) is 3.66. The van der Waals surface area contributed by atoms with Gasteiger partial charge in [-0.05, 0) is 47.5 Å². The second-order valence-corrected chi connectivity index (χ2v) is 6.69. The van der Waals surface area contributed by atoms with E-state index in [-0.39, 0.29) is 5.91 Å². The first-order valence-corrected chi connectivity index (χ1v) is 8.47. The maximum atomic E-state index is 12.3. The number of rotatable bonds is 4. The van der Waals surface area contributed by atoms with Crippen molar-refractivity contribution in [3.05, 3.63) is 81.5 Å². The Kier molecular flexibility index (Phi) is 4.81. The highest BCUT2D eigenvalue weighted by Crippen LogP contribution is 2.21. The third kappa shape index (κ3) is 3.92. The molecule has 0 radical (unpaired) electrons. The molecule has 0 spiro atoms. The highest BCUT2D eigenvalue weighted by Gasteiger charge is 2.12. The highest BCUT2D eigenvalue weighted by atomic mass is 79.9. The van der Waals surface area contributed by atoms with Crippen LogP contribution >= 0.6 is 15.9 Å². The van der Waals surface area contributed by atoms with Crippen molar-refractivity contribution in [3.8, 4) is 0 Å². The van der Waals surface area contributed by atoms with Gasteiger partial charge in [-0.25, -0.2) is 0 Å². The lowest BCUT2D eigenvalue weighted by molar-refractivity contribution is 0.102. The highest BCUT2D eigenvalue weighted by molar-refractivity contribution is 9.10. The molecule has 1 aromatic heterocycles. The van der Waals surface area contributed by atoms with Gasteiger partial charge in [0.1, 0.15) is 0 Å². The summed E-state index contributed by atoms with van der Waals surface area (Å²) in [4.78, 5) is 12.3. The molecule has 0 fully saturated rings. The lowest BCUT2D eigenvalue weighted by Gasteiger charge is -2.04. The Morgan fingerprint density at radius 3 is 2.54 bits per heavy atom. The Hall–Kier alpha value is -2.40. The van der Waals surface area contributed by atoms with Crippen LogP contribution in [0.3, 0.4) is 0 Å². The molecule has 0 saturated carbocycles. The molecular weight excluding hydrogens is 366 g/mol. The molecule has 3 aromatic rings. The summed E-state index contributed by atoms with van der Waals surface area (Å²) >= 11 is 3.46. The number of halogens is 1. The van der Waals surface area contributed by atoms with E-state index in [1.807, 2.05) is 42.1 Å². The summed E-state index contributed by atoms with van der Waals surface area (Å²) in [6.45, 7) is 4.68. The van der Waals surface area contributed by atoms with Gasteiger partial charge >= 0.3 is 0 Å². The fraction of sp³-hybridized carbons (Fsp3) is 0.158. The van der Waals surface area contributed by atoms with Crippen LogP contribution in [-0.2, 0) is 6.54 Å². The van der Waals surface area contributed by atoms with Gasteiger partial charge in [0.05, 0.1) is 11.0 Å². The van der Waals surface area contributed by atoms with Crippen molar-refractivity contribution in [2.75, 3.05) is 5.32 Å². The fourth-order valence-electron chi connectivity index (χ4n) is 2.53. The van der Waals surface area contributed by atoms with Crippen molar-refractivity contribution < 1.29 is 4.79 Å². The molecular formula is C19H18BrN3O. The van der Waals surface area contributed by atoms with Crippen molar-refractivity contribution in [1.29, 1.82) is 0 Å². The van der Waals surface area contributed by atoms with Crippen LogP contribution in [0.15, 0.2) is 59.2 Å². The molecule has 1 amide bonds. The summed E-state index contributed by atoms with van der Waals surface area (Å²) in [5.41, 5.74) is 4.05. The smallest absolute Gasteiger partial charge is 0.256 e. The maximum absolute atomic E-state index is 12.3. The first-order chi connectivity index (χ1) is 11.5. The normalized spacial score (nSPS) is 10.6. The second kappa shape index (κ2) is 7.01. The summed E-state index contributed by atoms with van der Waals surface area (Å²) in [5, 5.41) is 7.31. The van der Waals surface area contributed by atoms with Crippen LogP contribution in [-0.4, -0.2) is 15.7 Å². The minimum atomic E-state index is -0.166. The Balaban J connectivity index is 1.75. The summed E-state index contributed by atoms with van der Waals surface area (Å²) in [7, 11) is 0. The van der Waals surface area contributed by atoms with Crippen molar-refractivity contribution in [1.82, 2.24) is 9.78 Å². The van der Waals surface area contributed by atoms with E-state index in [0.29, 0.717) is 17.9 Å². The van der Waals surface area contributed by atoms with Crippen molar-refractivity contribution in [2.24, 2.45) is 0 Å². The van der Waals surface area contributed by atoms with Crippen molar-refractivity contribution >= 4 is 27.7 Å². The molecule has 0 aliphatic carbocycles. The molecule has 0 aliphatic heterocycles. The van der Waals surface area contributed by atoms with Gasteiger partial charge < -0.3 is 5.32 Å². The van der Waals surface area contributed by atoms with Gasteiger partial charge in [-0.3, -0.25) is 9.48 Å². The van der Waals surface area contributed by atoms with E-state index in [1.165, 1.54) is 11.1 Å². The molecule has 0 unspecified atom stereocenters. The Morgan fingerprint density at radius 2 is 1.83 bits per heavy atom. The number of hydrogen-bond acceptors (Lipinski definition) is 2. The van der Waals surface area contributed by atoms with E-state index >= 15 is 0 Å². The fourth-order valence-corrected chi connectivity index (χ4v) is 2.94. The predicted molar refractivity (Wildman–Crippen MR) is 99.3 cm³/mol. The molecule has 0 atom stereocenters. The zero-order chi connectivity index (χ0) is 17.1. The van der Waals surface area contributed by atoms with Gasteiger partial charge in [-0.2, -0.15) is 5.10 Å². The first-order valence-electron chi connectivity index (χ1n) is 7.68. The van der Waals surface area contributed by atoms with Crippen LogP contribution < -0.4 is 5.32 Å². The summed E-state index contributed by atoms with van der Waals surface area (Å²) in [6.07, 6.45) is 1.87. The van der Waals surface area contributed by atoms with Gasteiger partial charge in [0, 0.05) is 11.8 Å². The summed E-state index contributed by atoms with van der Waals surface area (Å²) < 4.78 is 2.57. The largest absolute Gasteiger partial charge is 0.304 e. The number of carbonyl (C=O) groups excluding carboxylic acids is 1. The molecule has 5 heteroatoms. The lowest BCUT2D eigenvalue weighted by Crippen LogP contribution is -2.13. The van der Waals surface area contributed by atoms with Crippen LogP contribution in [0.25, 0.3) is 0 Å². The maximum Gasteiger partial charge on any atom is 0.256 e. The predicted octanol–water partition coefficient (Wildman–Crippen LogP) is 4.56. The number of nitrogens with one attached hydrogen (secondary N) is 1. The van der Waals surface area contributed by atoms with Gasteiger partial charge in [0.2, 0.25) is 0 Å². The van der Waals surface area contributed by atoms with Crippen LogP contribution in [0.4, 0.5) is 5.82 Å². The quantitative estimate of drug-likeness (QED) is 0.717. The van der Waals surface area contributed by atoms with Crippen LogP contribution in [0.5, 0.6) is 0 Å². The molecule has 3 rings (SSSR count). The minimum Gasteiger partial charge on any atom is -0.304 e. The van der Waals surface area contributed by atoms with Gasteiger partial charge in [-0.15, -0.1) is 0 Å². The van der Waals surface area contributed by atoms with Gasteiger partial charge in [0.25, 0.3) is 5.91 Å². The van der Waals surface area contributed by atoms with E-state index < -0.39 is 0 Å². The Bertz CT molecular complexity index is 886. The number of hydrogen-bond donors (Lipinski definition) is 1. The monoisotopic (exact) mass is 383 g/mol. The Labute approximate surface area is 149 Å². The van der Waals surface area contributed by atoms with Crippen LogP contribution in [0.1, 0.15) is 27.0 Å². The van der Waals surface area contributed by atoms with Crippen LogP contribution in [0.2, 0.25) is 0 Å². The number of anilines is 1. The zero-order valence-electron chi connectivity index (χ0n) is 13.6. The number of aromatic nitrogens is 2. The van der Waals surface area contributed by atoms with Crippen LogP contribution in [0, 0.1) is 13.8 Å². The first kappa shape index (κ1) is 16.5. The molecule has 4 nitrogen and oxygen atoms in total. The molecule has 0 bridgehead atoms. The number of nitrogens with zero attached hydrogens (tertiary/aromatic N) is 2. The molecule has 122 valence electrons. The SMILES string of the molecule is Cc1cccc(Cn2cc(Br)c(NC(=O)c3cccc(C)c3)n2)c1. The number of carbonyl (C=O) groups is 1. The number of aryl methyl sites for hydroxylation is 2. The zero-order valence-corrected chi connectivity index (χ0v) is 15.2. The topological polar surface area (TPSA) is 46.9 Å². The lowest BCUT2D eigenvalue weighted by atomic mass is 10.1. The molecule has 0 aliphatic rings. The molecule has 1 N–H and O–H groups in total. The average molecular weight is 384 g/mol. The van der Waals surface area contributed by atoms with E-state index in [2.05, 4.69) is 51.5 Å². The van der Waals surface area contributed by atoms with Crippen molar-refractivity contribution in [2.45, 2.75) is 20.4 Å². The molecule has 24 heavy (non-hydrogen) atoms. The van der Waals surface area contributed by atoms with E-state index in [9.17, 15) is 4.79 Å². The average Bonchev–Trinajstić information content (AvgIpc) is 2.86. The number of benzene rings is 2. The standard InChI is InChI=1S/C19H18BrN3O/c1-13-5-3-7-15(9-13)11-23-12-17(20)18(22-23)21-19(24)16-8-4-6-14(2)10-16/h3-10,12H,11H2,1-2H3,(H,21,22,24). The molecule has 0 saturated heterocycles. The number of amides is 1. The van der Waals surface area contributed by atoms with E-state index in [0.717, 1.165) is 10.0 Å². The second-order valence-electron chi connectivity index (χ2n) is 5.84. The van der Waals surface area contributed by atoms with Gasteiger partial charge in [-0.1, -0.05) is 47.5 Å². The molecule has 1 heterocycles.